The number of hydrogen-bond donors (Lipinski definition) is 2. The summed E-state index contributed by atoms with van der Waals surface area (Å²) < 4.78 is 28.9. The van der Waals surface area contributed by atoms with Gasteiger partial charge < -0.3 is 29.6 Å². The topological polar surface area (TPSA) is 241 Å². The van der Waals surface area contributed by atoms with E-state index >= 15 is 4.39 Å². The Bertz CT molecular complexity index is 1490. The molecule has 17 nitrogen and oxygen atoms in total. The van der Waals surface area contributed by atoms with Crippen LogP contribution in [-0.2, 0) is 43.1 Å². The highest BCUT2D eigenvalue weighted by atomic mass is 19.1. The monoisotopic (exact) mass is 711 g/mol. The van der Waals surface area contributed by atoms with Crippen molar-refractivity contribution in [1.82, 2.24) is 5.32 Å². The lowest BCUT2D eigenvalue weighted by molar-refractivity contribution is -0.757. The Labute approximate surface area is 286 Å². The van der Waals surface area contributed by atoms with Crippen molar-refractivity contribution in [3.8, 4) is 0 Å². The third kappa shape index (κ3) is 6.93. The first-order valence-corrected chi connectivity index (χ1v) is 16.5. The number of carbonyl (C=O) groups is 5. The summed E-state index contributed by atoms with van der Waals surface area (Å²) in [5.74, 6) is -5.84. The molecule has 2 N–H and O–H groups in total. The van der Waals surface area contributed by atoms with Crippen LogP contribution in [0.4, 0.5) is 4.39 Å². The number of alkyl halides is 1. The molecule has 0 radical (unpaired) electrons. The van der Waals surface area contributed by atoms with Crippen LogP contribution in [-0.4, -0.2) is 88.4 Å². The van der Waals surface area contributed by atoms with Crippen molar-refractivity contribution < 1.29 is 62.8 Å². The number of nitrogens with one attached hydrogen (secondary N) is 1. The number of halogens is 1. The zero-order valence-corrected chi connectivity index (χ0v) is 28.1. The number of rotatable bonds is 16. The Kier molecular flexibility index (Phi) is 11.3. The molecule has 8 atom stereocenters. The second-order valence-electron chi connectivity index (χ2n) is 13.8. The Morgan fingerprint density at radius 3 is 2.32 bits per heavy atom. The van der Waals surface area contributed by atoms with E-state index in [4.69, 9.17) is 9.47 Å². The Hall–Kier alpha value is -4.48. The molecule has 0 saturated heterocycles. The zero-order valence-electron chi connectivity index (χ0n) is 28.1. The number of carbonyl (C=O) groups excluding carboxylic acids is 5. The minimum absolute atomic E-state index is 0.00219. The van der Waals surface area contributed by atoms with Crippen LogP contribution in [0.5, 0.6) is 0 Å². The van der Waals surface area contributed by atoms with Gasteiger partial charge in [-0.05, 0) is 63.5 Å². The first-order chi connectivity index (χ1) is 23.4. The van der Waals surface area contributed by atoms with Gasteiger partial charge in [-0.2, -0.15) is 0 Å². The molecule has 4 aliphatic carbocycles. The van der Waals surface area contributed by atoms with Gasteiger partial charge in [-0.15, -0.1) is 20.2 Å². The van der Waals surface area contributed by atoms with Gasteiger partial charge in [0.2, 0.25) is 11.7 Å². The van der Waals surface area contributed by atoms with Gasteiger partial charge in [-0.25, -0.2) is 4.39 Å². The molecular formula is C32H42FN3O14. The van der Waals surface area contributed by atoms with Crippen molar-refractivity contribution >= 4 is 29.4 Å². The largest absolute Gasteiger partial charge is 0.456 e. The molecule has 18 heteroatoms. The predicted molar refractivity (Wildman–Crippen MR) is 165 cm³/mol. The van der Waals surface area contributed by atoms with Crippen LogP contribution in [0.2, 0.25) is 0 Å². The van der Waals surface area contributed by atoms with Crippen molar-refractivity contribution in [2.75, 3.05) is 26.4 Å². The maximum absolute atomic E-state index is 17.7. The molecule has 4 rings (SSSR count). The van der Waals surface area contributed by atoms with Gasteiger partial charge >= 0.3 is 11.9 Å². The van der Waals surface area contributed by atoms with Crippen molar-refractivity contribution in [2.24, 2.45) is 28.6 Å². The van der Waals surface area contributed by atoms with Crippen molar-refractivity contribution in [1.29, 1.82) is 0 Å². The molecule has 276 valence electrons. The van der Waals surface area contributed by atoms with E-state index in [0.717, 1.165) is 0 Å². The minimum atomic E-state index is -2.23. The summed E-state index contributed by atoms with van der Waals surface area (Å²) in [6.45, 7) is 2.65. The molecule has 0 heterocycles. The predicted octanol–water partition coefficient (Wildman–Crippen LogP) is 2.09. The Morgan fingerprint density at radius 2 is 1.68 bits per heavy atom. The fraction of sp³-hybridized carbons (Fsp3) is 0.719. The number of esters is 2. The second kappa shape index (κ2) is 14.8. The number of ketones is 2. The Balaban J connectivity index is 1.56. The third-order valence-corrected chi connectivity index (χ3v) is 11.1. The molecule has 0 aromatic heterocycles. The fourth-order valence-corrected chi connectivity index (χ4v) is 8.92. The maximum atomic E-state index is 17.7. The van der Waals surface area contributed by atoms with Crippen LogP contribution in [0.15, 0.2) is 23.8 Å². The van der Waals surface area contributed by atoms with Crippen molar-refractivity contribution in [3.05, 3.63) is 44.0 Å². The quantitative estimate of drug-likeness (QED) is 0.101. The normalized spacial score (nSPS) is 33.9. The highest BCUT2D eigenvalue weighted by molar-refractivity contribution is 6.01. The van der Waals surface area contributed by atoms with E-state index in [-0.39, 0.29) is 57.3 Å². The summed E-state index contributed by atoms with van der Waals surface area (Å²) in [7, 11) is 0. The second-order valence-corrected chi connectivity index (χ2v) is 13.8. The van der Waals surface area contributed by atoms with Crippen LogP contribution in [0, 0.1) is 48.8 Å². The number of aliphatic hydroxyl groups excluding tert-OH is 1. The highest BCUT2D eigenvalue weighted by Gasteiger charge is 2.77. The average molecular weight is 712 g/mol. The van der Waals surface area contributed by atoms with Gasteiger partial charge in [0.25, 0.3) is 10.2 Å². The van der Waals surface area contributed by atoms with Crippen LogP contribution < -0.4 is 5.32 Å². The summed E-state index contributed by atoms with van der Waals surface area (Å²) in [5.41, 5.74) is -6.37. The van der Waals surface area contributed by atoms with Gasteiger partial charge in [-0.1, -0.05) is 25.5 Å². The molecule has 0 aromatic rings. The number of ether oxygens (including phenoxy) is 2. The molecule has 0 spiro atoms. The SMILES string of the molecule is C[C@@H]1CC2C3CCC4=CC(=O)C=C[C@]4(C)[C@@]3(F)[C@@H](O)C[C@]2(C)[C@@]1(OC(=O)CCCO[N+](=O)[O-])C(=O)COC(=O)CNC(=O)CCCO[N+](=O)[O-]. The smallest absolute Gasteiger partial charge is 0.325 e. The third-order valence-electron chi connectivity index (χ3n) is 11.1. The fourth-order valence-electron chi connectivity index (χ4n) is 8.92. The number of allylic oxidation sites excluding steroid dienone is 4. The lowest BCUT2D eigenvalue weighted by Crippen LogP contribution is -2.70. The van der Waals surface area contributed by atoms with E-state index in [9.17, 15) is 49.3 Å². The number of fused-ring (bicyclic) bond motifs is 5. The highest BCUT2D eigenvalue weighted by Crippen LogP contribution is 2.71. The molecule has 2 unspecified atom stereocenters. The van der Waals surface area contributed by atoms with Gasteiger partial charge in [0, 0.05) is 35.5 Å². The summed E-state index contributed by atoms with van der Waals surface area (Å²) in [4.78, 5) is 93.5. The first kappa shape index (κ1) is 38.3. The van der Waals surface area contributed by atoms with Crippen molar-refractivity contribution in [3.63, 3.8) is 0 Å². The molecule has 3 fully saturated rings. The molecular weight excluding hydrogens is 669 g/mol. The number of amides is 1. The number of nitrogens with zero attached hydrogens (tertiary/aromatic N) is 2. The summed E-state index contributed by atoms with van der Waals surface area (Å²) in [6.07, 6.45) is 2.29. The number of aliphatic hydroxyl groups is 1. The molecule has 0 bridgehead atoms. The van der Waals surface area contributed by atoms with Crippen LogP contribution in [0.3, 0.4) is 0 Å². The lowest BCUT2D eigenvalue weighted by Gasteiger charge is -2.62. The summed E-state index contributed by atoms with van der Waals surface area (Å²) in [6, 6.07) is 0. The molecule has 4 aliphatic rings. The van der Waals surface area contributed by atoms with E-state index in [1.54, 1.807) is 20.8 Å². The maximum Gasteiger partial charge on any atom is 0.325 e. The molecule has 3 saturated carbocycles. The average Bonchev–Trinajstić information content (AvgIpc) is 3.26. The van der Waals surface area contributed by atoms with Crippen molar-refractivity contribution in [2.45, 2.75) is 89.5 Å². The van der Waals surface area contributed by atoms with Crippen LogP contribution >= 0.6 is 0 Å². The zero-order chi connectivity index (χ0) is 37.1. The number of Topliss-reactive ketones (excluding diaryl/α,β-unsaturated/α-hetero) is 1. The molecule has 1 amide bonds. The van der Waals surface area contributed by atoms with E-state index < -0.39 is 99.5 Å². The molecule has 0 aromatic carbocycles. The Morgan fingerprint density at radius 1 is 1.04 bits per heavy atom. The number of hydrogen-bond acceptors (Lipinski definition) is 14. The molecule has 0 aliphatic heterocycles. The first-order valence-electron chi connectivity index (χ1n) is 16.5. The minimum Gasteiger partial charge on any atom is -0.456 e. The van der Waals surface area contributed by atoms with Crippen LogP contribution in [0.1, 0.15) is 72.1 Å². The van der Waals surface area contributed by atoms with Gasteiger partial charge in [0.1, 0.15) is 6.54 Å². The van der Waals surface area contributed by atoms with E-state index in [0.29, 0.717) is 12.0 Å². The molecule has 50 heavy (non-hydrogen) atoms. The van der Waals surface area contributed by atoms with Crippen LogP contribution in [0.25, 0.3) is 0 Å². The van der Waals surface area contributed by atoms with E-state index in [1.807, 2.05) is 0 Å². The van der Waals surface area contributed by atoms with E-state index in [2.05, 4.69) is 15.0 Å². The lowest BCUT2D eigenvalue weighted by atomic mass is 9.44. The summed E-state index contributed by atoms with van der Waals surface area (Å²) in [5, 5.41) is 32.8. The van der Waals surface area contributed by atoms with E-state index in [1.165, 1.54) is 18.2 Å². The summed E-state index contributed by atoms with van der Waals surface area (Å²) >= 11 is 0. The van der Waals surface area contributed by atoms with Gasteiger partial charge in [0.15, 0.2) is 23.7 Å². The standard InChI is InChI=1S/C32H42FN3O14/c1-19-14-23-22-9-8-20-15-21(37)10-11-29(20,2)31(22,33)24(38)16-30(23,3)32(19,50-27(41)7-5-13-49-36(45)46)25(39)18-47-28(42)17-34-26(40)6-4-12-48-35(43)44/h10-11,15,19,22-24,38H,4-9,12-14,16-18H2,1-3H3,(H,34,40)/t19-,22?,23?,24+,29+,30+,31+,32+/m1/s1. The van der Waals surface area contributed by atoms with Gasteiger partial charge in [0.05, 0.1) is 19.3 Å². The van der Waals surface area contributed by atoms with Gasteiger partial charge in [-0.3, -0.25) is 24.0 Å².